The van der Waals surface area contributed by atoms with Crippen LogP contribution in [0.25, 0.3) is 0 Å². The molecule has 1 rings (SSSR count). The molecule has 0 aliphatic carbocycles. The van der Waals surface area contributed by atoms with Crippen molar-refractivity contribution < 1.29 is 0 Å². The molecule has 0 aromatic carbocycles. The Morgan fingerprint density at radius 2 is 1.79 bits per heavy atom. The molecule has 0 aromatic heterocycles. The van der Waals surface area contributed by atoms with Crippen molar-refractivity contribution in [3.05, 3.63) is 20.8 Å². The molecular formula is C8H4Cl3N3. The molecule has 1 heterocycles. The molecule has 1 atom stereocenters. The molecule has 0 spiro atoms. The van der Waals surface area contributed by atoms with Crippen molar-refractivity contribution in [2.45, 2.75) is 6.04 Å². The van der Waals surface area contributed by atoms with E-state index in [2.05, 4.69) is 0 Å². The van der Waals surface area contributed by atoms with Crippen LogP contribution in [0.4, 0.5) is 0 Å². The van der Waals surface area contributed by atoms with Gasteiger partial charge in [0.25, 0.3) is 0 Å². The van der Waals surface area contributed by atoms with Crippen LogP contribution < -0.4 is 0 Å². The number of hydrogen-bond donors (Lipinski definition) is 0. The maximum atomic E-state index is 8.81. The van der Waals surface area contributed by atoms with Gasteiger partial charge in [0.1, 0.15) is 11.8 Å². The zero-order valence-corrected chi connectivity index (χ0v) is 9.32. The van der Waals surface area contributed by atoms with Gasteiger partial charge < -0.3 is 4.90 Å². The van der Waals surface area contributed by atoms with E-state index >= 15 is 0 Å². The van der Waals surface area contributed by atoms with E-state index in [9.17, 15) is 0 Å². The highest BCUT2D eigenvalue weighted by atomic mass is 35.5. The average molecular weight is 248 g/mol. The van der Waals surface area contributed by atoms with Crippen molar-refractivity contribution in [3.63, 3.8) is 0 Å². The first-order valence-electron chi connectivity index (χ1n) is 3.52. The van der Waals surface area contributed by atoms with E-state index in [1.54, 1.807) is 7.05 Å². The first-order chi connectivity index (χ1) is 6.54. The van der Waals surface area contributed by atoms with Gasteiger partial charge in [0.15, 0.2) is 6.04 Å². The summed E-state index contributed by atoms with van der Waals surface area (Å²) in [5, 5.41) is 17.9. The van der Waals surface area contributed by atoms with Gasteiger partial charge in [-0.1, -0.05) is 34.8 Å². The fourth-order valence-corrected chi connectivity index (χ4v) is 1.86. The molecule has 1 aliphatic rings. The number of halogens is 3. The Hall–Kier alpha value is -0.870. The summed E-state index contributed by atoms with van der Waals surface area (Å²) in [4.78, 5) is 1.39. The number of allylic oxidation sites excluding steroid dienone is 3. The summed E-state index contributed by atoms with van der Waals surface area (Å²) in [6, 6.07) is 3.04. The SMILES string of the molecule is CN1C(C#N)=C(Cl)C(Cl)=C(Cl)C1C#N. The van der Waals surface area contributed by atoms with Gasteiger partial charge in [0, 0.05) is 7.05 Å². The molecular weight excluding hydrogens is 244 g/mol. The van der Waals surface area contributed by atoms with E-state index in [4.69, 9.17) is 45.3 Å². The second kappa shape index (κ2) is 4.11. The quantitative estimate of drug-likeness (QED) is 0.662. The molecule has 1 aliphatic heterocycles. The van der Waals surface area contributed by atoms with Crippen LogP contribution in [0.2, 0.25) is 0 Å². The zero-order chi connectivity index (χ0) is 10.9. The Labute approximate surface area is 96.4 Å². The standard InChI is InChI=1S/C8H4Cl3N3/c1-14-4(2-12)6(9)8(11)7(10)5(14)3-13/h4H,1H3. The number of rotatable bonds is 0. The molecule has 3 nitrogen and oxygen atoms in total. The summed E-state index contributed by atoms with van der Waals surface area (Å²) < 4.78 is 0. The first kappa shape index (κ1) is 11.2. The normalized spacial score (nSPS) is 22.1. The van der Waals surface area contributed by atoms with Gasteiger partial charge in [0.2, 0.25) is 0 Å². The van der Waals surface area contributed by atoms with Gasteiger partial charge in [-0.3, -0.25) is 0 Å². The van der Waals surface area contributed by atoms with Gasteiger partial charge >= 0.3 is 0 Å². The largest absolute Gasteiger partial charge is 0.345 e. The molecule has 14 heavy (non-hydrogen) atoms. The van der Waals surface area contributed by atoms with Crippen molar-refractivity contribution in [2.24, 2.45) is 0 Å². The first-order valence-corrected chi connectivity index (χ1v) is 4.65. The Morgan fingerprint density at radius 1 is 1.21 bits per heavy atom. The predicted octanol–water partition coefficient (Wildman–Crippen LogP) is 2.49. The minimum Gasteiger partial charge on any atom is -0.345 e. The molecule has 0 saturated heterocycles. The third-order valence-corrected chi connectivity index (χ3v) is 3.17. The summed E-state index contributed by atoms with van der Waals surface area (Å²) in [6.45, 7) is 0. The van der Waals surface area contributed by atoms with Crippen molar-refractivity contribution in [1.82, 2.24) is 4.90 Å². The lowest BCUT2D eigenvalue weighted by atomic mass is 10.1. The average Bonchev–Trinajstić information content (AvgIpc) is 2.16. The van der Waals surface area contributed by atoms with Crippen molar-refractivity contribution in [3.8, 4) is 12.1 Å². The molecule has 0 N–H and O–H groups in total. The van der Waals surface area contributed by atoms with Gasteiger partial charge in [-0.15, -0.1) is 0 Å². The maximum absolute atomic E-state index is 8.81. The van der Waals surface area contributed by atoms with E-state index in [-0.39, 0.29) is 20.8 Å². The lowest BCUT2D eigenvalue weighted by molar-refractivity contribution is 0.410. The van der Waals surface area contributed by atoms with Crippen LogP contribution in [0.3, 0.4) is 0 Å². The Kier molecular flexibility index (Phi) is 3.29. The highest BCUT2D eigenvalue weighted by Gasteiger charge is 2.30. The van der Waals surface area contributed by atoms with Crippen LogP contribution >= 0.6 is 34.8 Å². The Morgan fingerprint density at radius 3 is 2.21 bits per heavy atom. The summed E-state index contributed by atoms with van der Waals surface area (Å²) in [5.41, 5.74) is 0.146. The van der Waals surface area contributed by atoms with E-state index in [1.165, 1.54) is 4.90 Å². The minimum atomic E-state index is -0.749. The van der Waals surface area contributed by atoms with Crippen LogP contribution in [0, 0.1) is 22.7 Å². The molecule has 0 fully saturated rings. The highest BCUT2D eigenvalue weighted by Crippen LogP contribution is 2.36. The molecule has 0 radical (unpaired) electrons. The second-order valence-electron chi connectivity index (χ2n) is 2.58. The third-order valence-electron chi connectivity index (χ3n) is 1.82. The number of nitrogens with zero attached hydrogens (tertiary/aromatic N) is 3. The van der Waals surface area contributed by atoms with E-state index in [0.29, 0.717) is 0 Å². The zero-order valence-electron chi connectivity index (χ0n) is 7.05. The molecule has 0 bridgehead atoms. The van der Waals surface area contributed by atoms with Crippen molar-refractivity contribution in [1.29, 1.82) is 10.5 Å². The summed E-state index contributed by atoms with van der Waals surface area (Å²) >= 11 is 17.3. The van der Waals surface area contributed by atoms with E-state index in [1.807, 2.05) is 12.1 Å². The molecule has 0 saturated carbocycles. The predicted molar refractivity (Wildman–Crippen MR) is 54.4 cm³/mol. The minimum absolute atomic E-state index is 0.0644. The number of hydrogen-bond acceptors (Lipinski definition) is 3. The van der Waals surface area contributed by atoms with Crippen LogP contribution in [0.5, 0.6) is 0 Å². The number of likely N-dealkylation sites (N-methyl/N-ethyl adjacent to an activating group) is 1. The topological polar surface area (TPSA) is 50.8 Å². The second-order valence-corrected chi connectivity index (χ2v) is 3.74. The summed E-state index contributed by atoms with van der Waals surface area (Å²) in [6.07, 6.45) is 0. The van der Waals surface area contributed by atoms with Gasteiger partial charge in [0.05, 0.1) is 21.2 Å². The molecule has 0 amide bonds. The number of nitriles is 2. The van der Waals surface area contributed by atoms with Gasteiger partial charge in [-0.05, 0) is 0 Å². The fourth-order valence-electron chi connectivity index (χ4n) is 1.05. The van der Waals surface area contributed by atoms with Crippen molar-refractivity contribution in [2.75, 3.05) is 7.05 Å². The highest BCUT2D eigenvalue weighted by molar-refractivity contribution is 6.48. The Bertz CT molecular complexity index is 411. The molecule has 0 aromatic rings. The molecule has 1 unspecified atom stereocenters. The van der Waals surface area contributed by atoms with Crippen molar-refractivity contribution >= 4 is 34.8 Å². The molecule has 6 heteroatoms. The van der Waals surface area contributed by atoms with E-state index < -0.39 is 6.04 Å². The fraction of sp³-hybridized carbons (Fsp3) is 0.250. The van der Waals surface area contributed by atoms with Crippen LogP contribution in [-0.2, 0) is 0 Å². The lowest BCUT2D eigenvalue weighted by Gasteiger charge is -2.28. The van der Waals surface area contributed by atoms with E-state index in [0.717, 1.165) is 0 Å². The van der Waals surface area contributed by atoms with Crippen LogP contribution in [0.15, 0.2) is 20.8 Å². The van der Waals surface area contributed by atoms with Crippen LogP contribution in [-0.4, -0.2) is 18.0 Å². The Balaban J connectivity index is 3.36. The maximum Gasteiger partial charge on any atom is 0.155 e. The van der Waals surface area contributed by atoms with Gasteiger partial charge in [-0.25, -0.2) is 0 Å². The van der Waals surface area contributed by atoms with Gasteiger partial charge in [-0.2, -0.15) is 10.5 Å². The smallest absolute Gasteiger partial charge is 0.155 e. The summed E-state index contributed by atoms with van der Waals surface area (Å²) in [7, 11) is 1.56. The lowest BCUT2D eigenvalue weighted by Crippen LogP contribution is -2.33. The third kappa shape index (κ3) is 1.55. The monoisotopic (exact) mass is 247 g/mol. The van der Waals surface area contributed by atoms with Crippen LogP contribution in [0.1, 0.15) is 0 Å². The molecule has 72 valence electrons. The summed E-state index contributed by atoms with van der Waals surface area (Å²) in [5.74, 6) is 0.